The molecule has 0 spiro atoms. The minimum Gasteiger partial charge on any atom is -0.380 e. The molecular formula is C10H24N2O. The second-order valence-corrected chi connectivity index (χ2v) is 4.08. The van der Waals surface area contributed by atoms with Crippen LogP contribution in [0.5, 0.6) is 0 Å². The third kappa shape index (κ3) is 6.02. The Balaban J connectivity index is 3.41. The highest BCUT2D eigenvalue weighted by Gasteiger charge is 2.18. The minimum absolute atomic E-state index is 0.214. The molecule has 0 atom stereocenters. The number of likely N-dealkylation sites (N-methyl/N-ethyl adjacent to an activating group) is 1. The summed E-state index contributed by atoms with van der Waals surface area (Å²) in [6, 6.07) is 0. The van der Waals surface area contributed by atoms with Gasteiger partial charge in [-0.15, -0.1) is 0 Å². The number of ether oxygens (including phenoxy) is 1. The van der Waals surface area contributed by atoms with Crippen molar-refractivity contribution in [1.82, 2.24) is 10.2 Å². The highest BCUT2D eigenvalue weighted by Crippen LogP contribution is 2.07. The molecular weight excluding hydrogens is 164 g/mol. The van der Waals surface area contributed by atoms with E-state index in [0.717, 1.165) is 26.3 Å². The summed E-state index contributed by atoms with van der Waals surface area (Å²) in [5.41, 5.74) is 0.214. The van der Waals surface area contributed by atoms with Gasteiger partial charge >= 0.3 is 0 Å². The van der Waals surface area contributed by atoms with Crippen LogP contribution in [0.3, 0.4) is 0 Å². The van der Waals surface area contributed by atoms with E-state index in [1.807, 2.05) is 6.92 Å². The van der Waals surface area contributed by atoms with Gasteiger partial charge in [-0.2, -0.15) is 0 Å². The maximum atomic E-state index is 5.23. The molecule has 0 aromatic heterocycles. The zero-order valence-corrected chi connectivity index (χ0v) is 9.68. The lowest BCUT2D eigenvalue weighted by atomic mass is 10.0. The second-order valence-electron chi connectivity index (χ2n) is 4.08. The maximum Gasteiger partial charge on any atom is 0.0590 e. The van der Waals surface area contributed by atoms with Crippen molar-refractivity contribution in [1.29, 1.82) is 0 Å². The average Bonchev–Trinajstić information content (AvgIpc) is 2.03. The quantitative estimate of drug-likeness (QED) is 0.602. The third-order valence-electron chi connectivity index (χ3n) is 2.40. The van der Waals surface area contributed by atoms with E-state index in [9.17, 15) is 0 Å². The van der Waals surface area contributed by atoms with Gasteiger partial charge in [0.1, 0.15) is 0 Å². The van der Waals surface area contributed by atoms with Crippen LogP contribution in [0.1, 0.15) is 20.8 Å². The predicted molar refractivity (Wildman–Crippen MR) is 57.1 cm³/mol. The maximum absolute atomic E-state index is 5.23. The molecule has 0 unspecified atom stereocenters. The van der Waals surface area contributed by atoms with Gasteiger partial charge in [-0.25, -0.2) is 0 Å². The highest BCUT2D eigenvalue weighted by atomic mass is 16.5. The fraction of sp³-hybridized carbons (Fsp3) is 1.00. The van der Waals surface area contributed by atoms with Crippen LogP contribution < -0.4 is 5.32 Å². The van der Waals surface area contributed by atoms with Crippen LogP contribution in [0, 0.1) is 0 Å². The van der Waals surface area contributed by atoms with Crippen molar-refractivity contribution in [3.63, 3.8) is 0 Å². The van der Waals surface area contributed by atoms with E-state index in [0.29, 0.717) is 0 Å². The molecule has 0 aliphatic rings. The lowest BCUT2D eigenvalue weighted by Gasteiger charge is -2.32. The lowest BCUT2D eigenvalue weighted by molar-refractivity contribution is 0.140. The van der Waals surface area contributed by atoms with Gasteiger partial charge in [-0.3, -0.25) is 0 Å². The molecule has 0 aliphatic carbocycles. The van der Waals surface area contributed by atoms with Gasteiger partial charge in [0.15, 0.2) is 0 Å². The lowest BCUT2D eigenvalue weighted by Crippen LogP contribution is -2.47. The molecule has 0 aromatic rings. The summed E-state index contributed by atoms with van der Waals surface area (Å²) in [7, 11) is 4.20. The molecule has 0 amide bonds. The van der Waals surface area contributed by atoms with Crippen LogP contribution >= 0.6 is 0 Å². The van der Waals surface area contributed by atoms with Crippen LogP contribution in [0.2, 0.25) is 0 Å². The van der Waals surface area contributed by atoms with Crippen molar-refractivity contribution in [2.24, 2.45) is 0 Å². The van der Waals surface area contributed by atoms with Gasteiger partial charge in [0.05, 0.1) is 6.61 Å². The third-order valence-corrected chi connectivity index (χ3v) is 2.40. The molecule has 0 bridgehead atoms. The van der Waals surface area contributed by atoms with Crippen LogP contribution in [0.15, 0.2) is 0 Å². The van der Waals surface area contributed by atoms with Crippen LogP contribution in [-0.4, -0.2) is 50.8 Å². The molecule has 0 aromatic carbocycles. The molecule has 1 N–H and O–H groups in total. The fourth-order valence-corrected chi connectivity index (χ4v) is 0.841. The Bertz CT molecular complexity index is 124. The summed E-state index contributed by atoms with van der Waals surface area (Å²) in [5, 5.41) is 3.38. The first-order valence-electron chi connectivity index (χ1n) is 4.96. The van der Waals surface area contributed by atoms with Gasteiger partial charge in [0, 0.05) is 25.2 Å². The van der Waals surface area contributed by atoms with E-state index in [-0.39, 0.29) is 5.54 Å². The van der Waals surface area contributed by atoms with E-state index in [4.69, 9.17) is 4.74 Å². The molecule has 80 valence electrons. The molecule has 0 aliphatic heterocycles. The van der Waals surface area contributed by atoms with Crippen molar-refractivity contribution in [3.05, 3.63) is 0 Å². The summed E-state index contributed by atoms with van der Waals surface area (Å²) in [5.74, 6) is 0. The summed E-state index contributed by atoms with van der Waals surface area (Å²) < 4.78 is 5.23. The predicted octanol–water partition coefficient (Wildman–Crippen LogP) is 0.953. The normalized spacial score (nSPS) is 12.5. The van der Waals surface area contributed by atoms with E-state index >= 15 is 0 Å². The molecule has 0 fully saturated rings. The highest BCUT2D eigenvalue weighted by molar-refractivity contribution is 4.79. The Hall–Kier alpha value is -0.120. The fourth-order valence-electron chi connectivity index (χ4n) is 0.841. The Kier molecular flexibility index (Phi) is 6.29. The standard InChI is InChI=1S/C10H24N2O/c1-6-13-8-7-11-9-10(2,3)12(4)5/h11H,6-9H2,1-5H3. The molecule has 0 saturated heterocycles. The van der Waals surface area contributed by atoms with Crippen LogP contribution in [0.25, 0.3) is 0 Å². The largest absolute Gasteiger partial charge is 0.380 e. The summed E-state index contributed by atoms with van der Waals surface area (Å²) in [6.45, 7) is 10.0. The van der Waals surface area contributed by atoms with E-state index in [1.54, 1.807) is 0 Å². The zero-order chi connectivity index (χ0) is 10.3. The Morgan fingerprint density at radius 3 is 2.38 bits per heavy atom. The van der Waals surface area contributed by atoms with E-state index in [1.165, 1.54) is 0 Å². The monoisotopic (exact) mass is 188 g/mol. The Labute approximate surface area is 82.4 Å². The van der Waals surface area contributed by atoms with Gasteiger partial charge in [0.25, 0.3) is 0 Å². The Morgan fingerprint density at radius 2 is 1.92 bits per heavy atom. The Morgan fingerprint density at radius 1 is 1.31 bits per heavy atom. The van der Waals surface area contributed by atoms with Crippen LogP contribution in [0.4, 0.5) is 0 Å². The van der Waals surface area contributed by atoms with E-state index < -0.39 is 0 Å². The van der Waals surface area contributed by atoms with Gasteiger partial charge < -0.3 is 15.0 Å². The summed E-state index contributed by atoms with van der Waals surface area (Å²) >= 11 is 0. The summed E-state index contributed by atoms with van der Waals surface area (Å²) in [4.78, 5) is 2.22. The van der Waals surface area contributed by atoms with Crippen molar-refractivity contribution in [2.75, 3.05) is 40.4 Å². The number of hydrogen-bond donors (Lipinski definition) is 1. The van der Waals surface area contributed by atoms with Crippen molar-refractivity contribution in [3.8, 4) is 0 Å². The second kappa shape index (κ2) is 6.35. The van der Waals surface area contributed by atoms with Crippen molar-refractivity contribution in [2.45, 2.75) is 26.3 Å². The number of rotatable bonds is 7. The number of nitrogens with zero attached hydrogens (tertiary/aromatic N) is 1. The zero-order valence-electron chi connectivity index (χ0n) is 9.68. The molecule has 0 heterocycles. The first-order chi connectivity index (χ1) is 6.00. The van der Waals surface area contributed by atoms with Crippen molar-refractivity contribution < 1.29 is 4.74 Å². The molecule has 0 saturated carbocycles. The number of hydrogen-bond acceptors (Lipinski definition) is 3. The summed E-state index contributed by atoms with van der Waals surface area (Å²) in [6.07, 6.45) is 0. The van der Waals surface area contributed by atoms with Crippen molar-refractivity contribution >= 4 is 0 Å². The van der Waals surface area contributed by atoms with Gasteiger partial charge in [-0.05, 0) is 34.9 Å². The van der Waals surface area contributed by atoms with E-state index in [2.05, 4.69) is 38.2 Å². The first-order valence-corrected chi connectivity index (χ1v) is 4.96. The molecule has 0 rings (SSSR count). The van der Waals surface area contributed by atoms with Gasteiger partial charge in [0.2, 0.25) is 0 Å². The molecule has 3 heteroatoms. The SMILES string of the molecule is CCOCCNCC(C)(C)N(C)C. The first kappa shape index (κ1) is 12.9. The van der Waals surface area contributed by atoms with Crippen LogP contribution in [-0.2, 0) is 4.74 Å². The van der Waals surface area contributed by atoms with Gasteiger partial charge in [-0.1, -0.05) is 0 Å². The smallest absolute Gasteiger partial charge is 0.0590 e. The minimum atomic E-state index is 0.214. The molecule has 3 nitrogen and oxygen atoms in total. The topological polar surface area (TPSA) is 24.5 Å². The number of nitrogens with one attached hydrogen (secondary N) is 1. The molecule has 0 radical (unpaired) electrons. The molecule has 13 heavy (non-hydrogen) atoms. The average molecular weight is 188 g/mol.